The highest BCUT2D eigenvalue weighted by Gasteiger charge is 2.30. The van der Waals surface area contributed by atoms with E-state index in [1.165, 1.54) is 4.88 Å². The third-order valence-electron chi connectivity index (χ3n) is 4.63. The number of carbonyl (C=O) groups excluding carboxylic acids is 1. The van der Waals surface area contributed by atoms with Crippen molar-refractivity contribution in [2.45, 2.75) is 25.7 Å². The number of fused-ring (bicyclic) bond motifs is 1. The van der Waals surface area contributed by atoms with Gasteiger partial charge in [0, 0.05) is 28.2 Å². The van der Waals surface area contributed by atoms with Crippen LogP contribution in [-0.4, -0.2) is 12.5 Å². The average molecular weight is 363 g/mol. The van der Waals surface area contributed by atoms with E-state index in [1.807, 2.05) is 30.3 Å². The van der Waals surface area contributed by atoms with Crippen LogP contribution in [0.25, 0.3) is 11.1 Å². The summed E-state index contributed by atoms with van der Waals surface area (Å²) in [4.78, 5) is 13.6. The third-order valence-corrected chi connectivity index (χ3v) is 5.73. The molecule has 0 aliphatic carbocycles. The average Bonchev–Trinajstić information content (AvgIpc) is 3.10. The minimum absolute atomic E-state index is 0.0735. The minimum atomic E-state index is 0.0735. The topological polar surface area (TPSA) is 38.3 Å². The first-order chi connectivity index (χ1) is 12.8. The van der Waals surface area contributed by atoms with Crippen LogP contribution in [0.5, 0.6) is 5.75 Å². The molecule has 0 fully saturated rings. The molecule has 2 heterocycles. The lowest BCUT2D eigenvalue weighted by molar-refractivity contribution is -0.116. The molecule has 0 radical (unpaired) electrons. The van der Waals surface area contributed by atoms with Crippen LogP contribution in [0.2, 0.25) is 0 Å². The number of hydrogen-bond acceptors (Lipinski definition) is 3. The standard InChI is InChI=1S/C22H21NO2S/c1-2-12-25-17-10-8-16(9-11-17)18-13-20(24)23-21-19(14-26-22(18)21)15-6-4-3-5-7-15/h3-11,14,18H,2,12-13H2,1H3,(H,23,24). The predicted molar refractivity (Wildman–Crippen MR) is 107 cm³/mol. The molecule has 0 saturated carbocycles. The lowest BCUT2D eigenvalue weighted by Gasteiger charge is -2.24. The molecule has 4 rings (SSSR count). The van der Waals surface area contributed by atoms with Crippen LogP contribution in [0.3, 0.4) is 0 Å². The monoisotopic (exact) mass is 363 g/mol. The van der Waals surface area contributed by atoms with E-state index in [4.69, 9.17) is 4.74 Å². The maximum atomic E-state index is 12.4. The number of benzene rings is 2. The Kier molecular flexibility index (Phi) is 4.76. The molecule has 1 N–H and O–H groups in total. The van der Waals surface area contributed by atoms with E-state index in [1.54, 1.807) is 11.3 Å². The molecule has 0 spiro atoms. The van der Waals surface area contributed by atoms with Gasteiger partial charge in [0.1, 0.15) is 5.75 Å². The summed E-state index contributed by atoms with van der Waals surface area (Å²) < 4.78 is 5.67. The molecule has 4 heteroatoms. The van der Waals surface area contributed by atoms with Gasteiger partial charge in [0.15, 0.2) is 0 Å². The Morgan fingerprint density at radius 3 is 2.62 bits per heavy atom. The number of carbonyl (C=O) groups is 1. The van der Waals surface area contributed by atoms with Crippen molar-refractivity contribution in [2.75, 3.05) is 11.9 Å². The molecule has 3 nitrogen and oxygen atoms in total. The van der Waals surface area contributed by atoms with E-state index in [2.05, 4.69) is 41.9 Å². The summed E-state index contributed by atoms with van der Waals surface area (Å²) in [6.07, 6.45) is 1.47. The summed E-state index contributed by atoms with van der Waals surface area (Å²) in [5, 5.41) is 5.24. The number of thiophene rings is 1. The Hall–Kier alpha value is -2.59. The first-order valence-corrected chi connectivity index (χ1v) is 9.83. The van der Waals surface area contributed by atoms with Gasteiger partial charge in [-0.1, -0.05) is 49.4 Å². The Labute approximate surface area is 157 Å². The van der Waals surface area contributed by atoms with Crippen molar-refractivity contribution in [3.05, 3.63) is 70.4 Å². The maximum absolute atomic E-state index is 12.4. The highest BCUT2D eigenvalue weighted by Crippen LogP contribution is 2.46. The van der Waals surface area contributed by atoms with Crippen molar-refractivity contribution in [3.63, 3.8) is 0 Å². The van der Waals surface area contributed by atoms with E-state index in [0.29, 0.717) is 6.42 Å². The van der Waals surface area contributed by atoms with E-state index < -0.39 is 0 Å². The van der Waals surface area contributed by atoms with Crippen LogP contribution in [-0.2, 0) is 4.79 Å². The van der Waals surface area contributed by atoms with Crippen molar-refractivity contribution < 1.29 is 9.53 Å². The van der Waals surface area contributed by atoms with Crippen LogP contribution in [0, 0.1) is 0 Å². The lowest BCUT2D eigenvalue weighted by atomic mass is 9.89. The molecule has 1 aliphatic rings. The van der Waals surface area contributed by atoms with Crippen molar-refractivity contribution in [1.82, 2.24) is 0 Å². The minimum Gasteiger partial charge on any atom is -0.494 e. The molecule has 1 aromatic heterocycles. The summed E-state index contributed by atoms with van der Waals surface area (Å²) in [5.41, 5.74) is 4.36. The molecule has 26 heavy (non-hydrogen) atoms. The van der Waals surface area contributed by atoms with E-state index >= 15 is 0 Å². The number of amides is 1. The number of rotatable bonds is 5. The number of hydrogen-bond donors (Lipinski definition) is 1. The van der Waals surface area contributed by atoms with Crippen LogP contribution in [0.4, 0.5) is 5.69 Å². The molecule has 0 saturated heterocycles. The van der Waals surface area contributed by atoms with Crippen LogP contribution < -0.4 is 10.1 Å². The molecule has 1 aliphatic heterocycles. The van der Waals surface area contributed by atoms with Gasteiger partial charge in [-0.15, -0.1) is 11.3 Å². The zero-order valence-electron chi connectivity index (χ0n) is 14.7. The van der Waals surface area contributed by atoms with Crippen molar-refractivity contribution in [2.24, 2.45) is 0 Å². The Bertz CT molecular complexity index is 900. The largest absolute Gasteiger partial charge is 0.494 e. The van der Waals surface area contributed by atoms with Crippen molar-refractivity contribution >= 4 is 22.9 Å². The predicted octanol–water partition coefficient (Wildman–Crippen LogP) is 5.68. The summed E-state index contributed by atoms with van der Waals surface area (Å²) in [6, 6.07) is 18.4. The van der Waals surface area contributed by atoms with Crippen LogP contribution >= 0.6 is 11.3 Å². The van der Waals surface area contributed by atoms with Crippen LogP contribution in [0.15, 0.2) is 60.0 Å². The molecule has 3 aromatic rings. The maximum Gasteiger partial charge on any atom is 0.225 e. The summed E-state index contributed by atoms with van der Waals surface area (Å²) in [7, 11) is 0. The van der Waals surface area contributed by atoms with Crippen molar-refractivity contribution in [3.8, 4) is 16.9 Å². The highest BCUT2D eigenvalue weighted by molar-refractivity contribution is 7.11. The van der Waals surface area contributed by atoms with Gasteiger partial charge in [-0.05, 0) is 29.7 Å². The lowest BCUT2D eigenvalue weighted by Crippen LogP contribution is -2.22. The summed E-state index contributed by atoms with van der Waals surface area (Å²) >= 11 is 1.72. The molecule has 1 unspecified atom stereocenters. The second kappa shape index (κ2) is 7.34. The van der Waals surface area contributed by atoms with E-state index in [-0.39, 0.29) is 11.8 Å². The smallest absolute Gasteiger partial charge is 0.225 e. The molecule has 0 bridgehead atoms. The first-order valence-electron chi connectivity index (χ1n) is 8.95. The molecule has 2 aromatic carbocycles. The fourth-order valence-corrected chi connectivity index (χ4v) is 4.50. The Morgan fingerprint density at radius 1 is 1.12 bits per heavy atom. The Morgan fingerprint density at radius 2 is 1.88 bits per heavy atom. The van der Waals surface area contributed by atoms with Gasteiger partial charge in [0.25, 0.3) is 0 Å². The number of nitrogens with one attached hydrogen (secondary N) is 1. The van der Waals surface area contributed by atoms with Gasteiger partial charge in [-0.3, -0.25) is 4.79 Å². The summed E-state index contributed by atoms with van der Waals surface area (Å²) in [6.45, 7) is 2.82. The second-order valence-electron chi connectivity index (χ2n) is 6.48. The summed E-state index contributed by atoms with van der Waals surface area (Å²) in [5.74, 6) is 1.05. The second-order valence-corrected chi connectivity index (χ2v) is 7.39. The molecule has 1 amide bonds. The number of anilines is 1. The zero-order valence-corrected chi connectivity index (χ0v) is 15.5. The molecular weight excluding hydrogens is 342 g/mol. The fraction of sp³-hybridized carbons (Fsp3) is 0.227. The first kappa shape index (κ1) is 16.9. The Balaban J connectivity index is 1.68. The van der Waals surface area contributed by atoms with E-state index in [0.717, 1.165) is 41.2 Å². The molecule has 132 valence electrons. The van der Waals surface area contributed by atoms with Gasteiger partial charge < -0.3 is 10.1 Å². The highest BCUT2D eigenvalue weighted by atomic mass is 32.1. The number of ether oxygens (including phenoxy) is 1. The molecule has 1 atom stereocenters. The van der Waals surface area contributed by atoms with Gasteiger partial charge in [-0.25, -0.2) is 0 Å². The van der Waals surface area contributed by atoms with Gasteiger partial charge in [0.2, 0.25) is 5.91 Å². The van der Waals surface area contributed by atoms with E-state index in [9.17, 15) is 4.79 Å². The molecular formula is C22H21NO2S. The zero-order chi connectivity index (χ0) is 17.9. The normalized spacial score (nSPS) is 16.0. The van der Waals surface area contributed by atoms with Gasteiger partial charge in [-0.2, -0.15) is 0 Å². The van der Waals surface area contributed by atoms with Crippen molar-refractivity contribution in [1.29, 1.82) is 0 Å². The van der Waals surface area contributed by atoms with Crippen LogP contribution in [0.1, 0.15) is 36.1 Å². The SMILES string of the molecule is CCCOc1ccc(C2CC(=O)Nc3c(-c4ccccc4)csc32)cc1. The van der Waals surface area contributed by atoms with Gasteiger partial charge >= 0.3 is 0 Å². The fourth-order valence-electron chi connectivity index (χ4n) is 3.34. The quantitative estimate of drug-likeness (QED) is 0.633. The third kappa shape index (κ3) is 3.25. The van der Waals surface area contributed by atoms with Gasteiger partial charge in [0.05, 0.1) is 12.3 Å².